The van der Waals surface area contributed by atoms with Gasteiger partial charge in [-0.1, -0.05) is 12.8 Å². The summed E-state index contributed by atoms with van der Waals surface area (Å²) < 4.78 is 0. The second-order valence-corrected chi connectivity index (χ2v) is 4.11. The molecule has 1 aliphatic carbocycles. The maximum absolute atomic E-state index is 10.2. The van der Waals surface area contributed by atoms with Gasteiger partial charge in [0.15, 0.2) is 0 Å². The van der Waals surface area contributed by atoms with Crippen molar-refractivity contribution in [3.05, 3.63) is 0 Å². The zero-order valence-corrected chi connectivity index (χ0v) is 8.19. The van der Waals surface area contributed by atoms with Gasteiger partial charge in [0.2, 0.25) is 0 Å². The molecule has 0 radical (unpaired) electrons. The summed E-state index contributed by atoms with van der Waals surface area (Å²) in [6, 6.07) is 0. The first-order chi connectivity index (χ1) is 5.31. The number of nitrogens with two attached hydrogens (primary N) is 1. The van der Waals surface area contributed by atoms with Gasteiger partial charge in [-0.25, -0.2) is 0 Å². The number of rotatable bonds is 0. The summed E-state index contributed by atoms with van der Waals surface area (Å²) in [7, 11) is 0. The lowest BCUT2D eigenvalue weighted by molar-refractivity contribution is -0.676. The molecule has 0 aromatic rings. The third kappa shape index (κ3) is 1.76. The molecule has 1 saturated heterocycles. The van der Waals surface area contributed by atoms with E-state index in [1.54, 1.807) is 0 Å². The third-order valence-electron chi connectivity index (χ3n) is 3.40. The Morgan fingerprint density at radius 2 is 2.08 bits per heavy atom. The predicted octanol–water partition coefficient (Wildman–Crippen LogP) is -3.12. The van der Waals surface area contributed by atoms with E-state index in [-0.39, 0.29) is 18.0 Å². The van der Waals surface area contributed by atoms with Crippen molar-refractivity contribution in [3.8, 4) is 0 Å². The SMILES string of the molecule is OC12CCCCC1C[NH2+]CC2.[Cl-]. The first kappa shape index (κ1) is 10.3. The second kappa shape index (κ2) is 3.95. The number of hydrogen-bond acceptors (Lipinski definition) is 1. The molecule has 1 aliphatic heterocycles. The average molecular weight is 192 g/mol. The van der Waals surface area contributed by atoms with Crippen LogP contribution in [-0.2, 0) is 0 Å². The molecule has 0 aromatic carbocycles. The standard InChI is InChI=1S/C9H17NO.ClH/c11-9-4-2-1-3-8(9)7-10-6-5-9;/h8,10-11H,1-7H2;1H. The fraction of sp³-hybridized carbons (Fsp3) is 1.00. The Bertz CT molecular complexity index is 139. The van der Waals surface area contributed by atoms with Crippen molar-refractivity contribution < 1.29 is 22.8 Å². The number of piperidine rings is 1. The summed E-state index contributed by atoms with van der Waals surface area (Å²) in [5, 5.41) is 12.5. The van der Waals surface area contributed by atoms with Gasteiger partial charge in [-0.05, 0) is 12.8 Å². The average Bonchev–Trinajstić information content (AvgIpc) is 2.03. The van der Waals surface area contributed by atoms with Gasteiger partial charge in [0.25, 0.3) is 0 Å². The third-order valence-corrected chi connectivity index (χ3v) is 3.40. The normalized spacial score (nSPS) is 41.2. The summed E-state index contributed by atoms with van der Waals surface area (Å²) in [5.41, 5.74) is -0.257. The van der Waals surface area contributed by atoms with Crippen LogP contribution < -0.4 is 17.7 Å². The van der Waals surface area contributed by atoms with Crippen LogP contribution in [0.15, 0.2) is 0 Å². The number of quaternary nitrogens is 1. The van der Waals surface area contributed by atoms with Gasteiger partial charge in [0.1, 0.15) is 0 Å². The highest BCUT2D eigenvalue weighted by Crippen LogP contribution is 2.36. The Balaban J connectivity index is 0.000000720. The summed E-state index contributed by atoms with van der Waals surface area (Å²) >= 11 is 0. The van der Waals surface area contributed by atoms with Crippen molar-refractivity contribution in [1.29, 1.82) is 0 Å². The van der Waals surface area contributed by atoms with E-state index in [0.717, 1.165) is 25.9 Å². The van der Waals surface area contributed by atoms with Crippen LogP contribution in [0.5, 0.6) is 0 Å². The molecule has 3 heteroatoms. The Labute approximate surface area is 80.1 Å². The molecule has 2 aliphatic rings. The monoisotopic (exact) mass is 191 g/mol. The molecule has 0 amide bonds. The Morgan fingerprint density at radius 1 is 1.25 bits per heavy atom. The molecule has 0 bridgehead atoms. The molecule has 1 saturated carbocycles. The van der Waals surface area contributed by atoms with Gasteiger partial charge in [-0.2, -0.15) is 0 Å². The van der Waals surface area contributed by atoms with Crippen LogP contribution in [0.3, 0.4) is 0 Å². The first-order valence-corrected chi connectivity index (χ1v) is 4.85. The number of halogens is 1. The Hall–Kier alpha value is 0.210. The van der Waals surface area contributed by atoms with Gasteiger partial charge in [-0.3, -0.25) is 0 Å². The van der Waals surface area contributed by atoms with Crippen molar-refractivity contribution >= 4 is 0 Å². The fourth-order valence-corrected chi connectivity index (χ4v) is 2.63. The molecule has 72 valence electrons. The molecule has 0 aromatic heterocycles. The lowest BCUT2D eigenvalue weighted by Crippen LogP contribution is -3.00. The van der Waals surface area contributed by atoms with Gasteiger partial charge in [0, 0.05) is 12.3 Å². The van der Waals surface area contributed by atoms with Crippen molar-refractivity contribution in [2.45, 2.75) is 37.7 Å². The van der Waals surface area contributed by atoms with E-state index < -0.39 is 0 Å². The summed E-state index contributed by atoms with van der Waals surface area (Å²) in [4.78, 5) is 0. The molecule has 2 unspecified atom stereocenters. The minimum Gasteiger partial charge on any atom is -1.00 e. The molecular weight excluding hydrogens is 174 g/mol. The van der Waals surface area contributed by atoms with Crippen molar-refractivity contribution in [2.75, 3.05) is 13.1 Å². The van der Waals surface area contributed by atoms with Crippen LogP contribution in [0.1, 0.15) is 32.1 Å². The zero-order valence-electron chi connectivity index (χ0n) is 7.43. The van der Waals surface area contributed by atoms with Gasteiger partial charge in [-0.15, -0.1) is 0 Å². The van der Waals surface area contributed by atoms with E-state index in [1.165, 1.54) is 19.3 Å². The molecule has 2 nitrogen and oxygen atoms in total. The first-order valence-electron chi connectivity index (χ1n) is 4.85. The van der Waals surface area contributed by atoms with Gasteiger partial charge in [0.05, 0.1) is 18.7 Å². The van der Waals surface area contributed by atoms with E-state index in [4.69, 9.17) is 0 Å². The van der Waals surface area contributed by atoms with Gasteiger partial charge >= 0.3 is 0 Å². The molecular formula is C9H18ClNO. The van der Waals surface area contributed by atoms with Crippen LogP contribution in [-0.4, -0.2) is 23.8 Å². The molecule has 0 spiro atoms. The molecule has 2 atom stereocenters. The topological polar surface area (TPSA) is 36.8 Å². The number of aliphatic hydroxyl groups is 1. The lowest BCUT2D eigenvalue weighted by atomic mass is 9.72. The smallest absolute Gasteiger partial charge is 0.0811 e. The molecule has 12 heavy (non-hydrogen) atoms. The Morgan fingerprint density at radius 3 is 2.83 bits per heavy atom. The van der Waals surface area contributed by atoms with Gasteiger partial charge < -0.3 is 22.8 Å². The second-order valence-electron chi connectivity index (χ2n) is 4.11. The summed E-state index contributed by atoms with van der Waals surface area (Å²) in [6.45, 7) is 2.30. The maximum Gasteiger partial charge on any atom is 0.0811 e. The van der Waals surface area contributed by atoms with Crippen LogP contribution in [0.25, 0.3) is 0 Å². The minimum absolute atomic E-state index is 0. The highest BCUT2D eigenvalue weighted by atomic mass is 35.5. The van der Waals surface area contributed by atoms with Crippen LogP contribution in [0, 0.1) is 5.92 Å². The minimum atomic E-state index is -0.257. The molecule has 1 heterocycles. The van der Waals surface area contributed by atoms with Crippen LogP contribution in [0.4, 0.5) is 0 Å². The molecule has 2 fully saturated rings. The van der Waals surface area contributed by atoms with E-state index in [2.05, 4.69) is 5.32 Å². The van der Waals surface area contributed by atoms with E-state index in [9.17, 15) is 5.11 Å². The van der Waals surface area contributed by atoms with E-state index in [1.807, 2.05) is 0 Å². The van der Waals surface area contributed by atoms with E-state index in [0.29, 0.717) is 5.92 Å². The molecule has 3 N–H and O–H groups in total. The van der Waals surface area contributed by atoms with Crippen molar-refractivity contribution in [3.63, 3.8) is 0 Å². The summed E-state index contributed by atoms with van der Waals surface area (Å²) in [5.74, 6) is 0.602. The maximum atomic E-state index is 10.2. The quantitative estimate of drug-likeness (QED) is 0.418. The predicted molar refractivity (Wildman–Crippen MR) is 43.2 cm³/mol. The largest absolute Gasteiger partial charge is 1.00 e. The number of fused-ring (bicyclic) bond motifs is 1. The van der Waals surface area contributed by atoms with Crippen LogP contribution >= 0.6 is 0 Å². The van der Waals surface area contributed by atoms with Crippen molar-refractivity contribution in [2.24, 2.45) is 5.92 Å². The van der Waals surface area contributed by atoms with E-state index >= 15 is 0 Å². The lowest BCUT2D eigenvalue weighted by Gasteiger charge is -2.41. The fourth-order valence-electron chi connectivity index (χ4n) is 2.63. The highest BCUT2D eigenvalue weighted by molar-refractivity contribution is 4.90. The zero-order chi connectivity index (χ0) is 7.73. The number of hydrogen-bond donors (Lipinski definition) is 2. The highest BCUT2D eigenvalue weighted by Gasteiger charge is 2.42. The molecule has 2 rings (SSSR count). The Kier molecular flexibility index (Phi) is 3.38. The summed E-state index contributed by atoms with van der Waals surface area (Å²) in [6.07, 6.45) is 5.92. The van der Waals surface area contributed by atoms with Crippen LogP contribution in [0.2, 0.25) is 0 Å². The van der Waals surface area contributed by atoms with Crippen molar-refractivity contribution in [1.82, 2.24) is 0 Å².